The highest BCUT2D eigenvalue weighted by atomic mass is 32.1. The molecule has 0 radical (unpaired) electrons. The second kappa shape index (κ2) is 5.92. The lowest BCUT2D eigenvalue weighted by atomic mass is 10.1. The number of fused-ring (bicyclic) bond motifs is 1. The summed E-state index contributed by atoms with van der Waals surface area (Å²) in [6.45, 7) is 1.14. The first-order chi connectivity index (χ1) is 10.8. The number of rotatable bonds is 4. The van der Waals surface area contributed by atoms with Crippen molar-refractivity contribution in [2.75, 3.05) is 25.6 Å². The first-order valence-electron chi connectivity index (χ1n) is 7.24. The summed E-state index contributed by atoms with van der Waals surface area (Å²) in [5, 5.41) is 5.38. The minimum Gasteiger partial charge on any atom is -0.376 e. The zero-order chi connectivity index (χ0) is 14.9. The normalized spacial score (nSPS) is 30.4. The SMILES string of the molecule is CO[C@@H]1CO[C@H]2[C@@H]1OC[C@@H]2Nc1nccc(-c2cccs2)n1. The lowest BCUT2D eigenvalue weighted by molar-refractivity contribution is -0.00757. The van der Waals surface area contributed by atoms with Crippen molar-refractivity contribution in [1.29, 1.82) is 0 Å². The first kappa shape index (κ1) is 14.1. The zero-order valence-corrected chi connectivity index (χ0v) is 13.0. The second-order valence-corrected chi connectivity index (χ2v) is 6.31. The third-order valence-electron chi connectivity index (χ3n) is 4.05. The maximum atomic E-state index is 5.80. The van der Waals surface area contributed by atoms with Gasteiger partial charge in [-0.2, -0.15) is 0 Å². The molecule has 6 nitrogen and oxygen atoms in total. The minimum absolute atomic E-state index is 0.00942. The number of ether oxygens (including phenoxy) is 3. The molecule has 2 aliphatic heterocycles. The fraction of sp³-hybridized carbons (Fsp3) is 0.467. The van der Waals surface area contributed by atoms with Crippen molar-refractivity contribution in [1.82, 2.24) is 9.97 Å². The summed E-state index contributed by atoms with van der Waals surface area (Å²) in [4.78, 5) is 10.0. The van der Waals surface area contributed by atoms with Crippen LogP contribution in [0.1, 0.15) is 0 Å². The molecule has 2 saturated heterocycles. The van der Waals surface area contributed by atoms with E-state index in [1.807, 2.05) is 17.5 Å². The molecule has 2 aromatic heterocycles. The van der Waals surface area contributed by atoms with Gasteiger partial charge in [-0.15, -0.1) is 11.3 Å². The summed E-state index contributed by atoms with van der Waals surface area (Å²) in [6, 6.07) is 6.03. The lowest BCUT2D eigenvalue weighted by Gasteiger charge is -2.17. The number of thiophene rings is 1. The Morgan fingerprint density at radius 2 is 2.18 bits per heavy atom. The van der Waals surface area contributed by atoms with Crippen LogP contribution >= 0.6 is 11.3 Å². The highest BCUT2D eigenvalue weighted by molar-refractivity contribution is 7.13. The average Bonchev–Trinajstić information content (AvgIpc) is 3.26. The number of hydrogen-bond acceptors (Lipinski definition) is 7. The van der Waals surface area contributed by atoms with Gasteiger partial charge in [-0.05, 0) is 17.5 Å². The molecule has 0 unspecified atom stereocenters. The Labute approximate surface area is 132 Å². The van der Waals surface area contributed by atoms with E-state index in [1.165, 1.54) is 0 Å². The van der Waals surface area contributed by atoms with Crippen molar-refractivity contribution in [2.45, 2.75) is 24.4 Å². The van der Waals surface area contributed by atoms with Gasteiger partial charge in [0.1, 0.15) is 18.3 Å². The van der Waals surface area contributed by atoms with Crippen LogP contribution in [0.15, 0.2) is 29.8 Å². The molecule has 0 spiro atoms. The van der Waals surface area contributed by atoms with Crippen LogP contribution in [-0.2, 0) is 14.2 Å². The molecule has 7 heteroatoms. The van der Waals surface area contributed by atoms with Crippen molar-refractivity contribution in [3.8, 4) is 10.6 Å². The predicted octanol–water partition coefficient (Wildman–Crippen LogP) is 1.80. The van der Waals surface area contributed by atoms with E-state index >= 15 is 0 Å². The Kier molecular flexibility index (Phi) is 3.79. The van der Waals surface area contributed by atoms with E-state index in [0.29, 0.717) is 19.2 Å². The Morgan fingerprint density at radius 1 is 1.27 bits per heavy atom. The molecule has 2 aliphatic rings. The topological polar surface area (TPSA) is 65.5 Å². The van der Waals surface area contributed by atoms with Crippen LogP contribution in [0.3, 0.4) is 0 Å². The van der Waals surface area contributed by atoms with Gasteiger partial charge in [0.2, 0.25) is 5.95 Å². The zero-order valence-electron chi connectivity index (χ0n) is 12.1. The van der Waals surface area contributed by atoms with E-state index in [9.17, 15) is 0 Å². The van der Waals surface area contributed by atoms with Gasteiger partial charge in [-0.1, -0.05) is 6.07 Å². The van der Waals surface area contributed by atoms with Crippen LogP contribution in [0.2, 0.25) is 0 Å². The van der Waals surface area contributed by atoms with Crippen molar-refractivity contribution < 1.29 is 14.2 Å². The molecule has 1 N–H and O–H groups in total. The third-order valence-corrected chi connectivity index (χ3v) is 4.95. The van der Waals surface area contributed by atoms with Gasteiger partial charge in [0.25, 0.3) is 0 Å². The molecule has 116 valence electrons. The summed E-state index contributed by atoms with van der Waals surface area (Å²) >= 11 is 1.66. The van der Waals surface area contributed by atoms with Crippen LogP contribution in [0, 0.1) is 0 Å². The Balaban J connectivity index is 1.49. The summed E-state index contributed by atoms with van der Waals surface area (Å²) < 4.78 is 17.0. The highest BCUT2D eigenvalue weighted by Gasteiger charge is 2.48. The van der Waals surface area contributed by atoms with Crippen molar-refractivity contribution in [3.63, 3.8) is 0 Å². The molecule has 0 aromatic carbocycles. The average molecular weight is 319 g/mol. The summed E-state index contributed by atoms with van der Waals surface area (Å²) in [5.41, 5.74) is 0.921. The van der Waals surface area contributed by atoms with Gasteiger partial charge in [0.05, 0.1) is 29.8 Å². The molecule has 0 aliphatic carbocycles. The van der Waals surface area contributed by atoms with E-state index in [2.05, 4.69) is 21.4 Å². The monoisotopic (exact) mass is 319 g/mol. The molecule has 4 heterocycles. The van der Waals surface area contributed by atoms with Gasteiger partial charge < -0.3 is 19.5 Å². The number of nitrogens with zero attached hydrogens (tertiary/aromatic N) is 2. The summed E-state index contributed by atoms with van der Waals surface area (Å²) in [6.07, 6.45) is 1.75. The van der Waals surface area contributed by atoms with Gasteiger partial charge >= 0.3 is 0 Å². The standard InChI is InChI=1S/C15H17N3O3S/c1-19-11-8-21-13-10(7-20-14(11)13)18-15-16-5-4-9(17-15)12-3-2-6-22-12/h2-6,10-11,13-14H,7-8H2,1H3,(H,16,17,18)/t10-,11+,13+,14+/m0/s1. The minimum atomic E-state index is -0.0149. The van der Waals surface area contributed by atoms with E-state index in [-0.39, 0.29) is 24.4 Å². The first-order valence-corrected chi connectivity index (χ1v) is 8.12. The fourth-order valence-electron chi connectivity index (χ4n) is 2.95. The number of aromatic nitrogens is 2. The Bertz CT molecular complexity index is 637. The smallest absolute Gasteiger partial charge is 0.223 e. The molecule has 0 saturated carbocycles. The number of nitrogens with one attached hydrogen (secondary N) is 1. The summed E-state index contributed by atoms with van der Waals surface area (Å²) in [5.74, 6) is 0.601. The van der Waals surface area contributed by atoms with Gasteiger partial charge in [0, 0.05) is 13.3 Å². The van der Waals surface area contributed by atoms with E-state index in [4.69, 9.17) is 14.2 Å². The number of methoxy groups -OCH3 is 1. The molecule has 2 fully saturated rings. The van der Waals surface area contributed by atoms with Crippen LogP contribution in [0.4, 0.5) is 5.95 Å². The second-order valence-electron chi connectivity index (χ2n) is 5.36. The van der Waals surface area contributed by atoms with Crippen LogP contribution in [-0.4, -0.2) is 54.6 Å². The highest BCUT2D eigenvalue weighted by Crippen LogP contribution is 2.30. The predicted molar refractivity (Wildman–Crippen MR) is 83.0 cm³/mol. The molecular weight excluding hydrogens is 302 g/mol. The summed E-state index contributed by atoms with van der Waals surface area (Å²) in [7, 11) is 1.69. The maximum absolute atomic E-state index is 5.80. The molecule has 0 bridgehead atoms. The van der Waals surface area contributed by atoms with Crippen LogP contribution < -0.4 is 5.32 Å². The van der Waals surface area contributed by atoms with E-state index in [1.54, 1.807) is 24.6 Å². The molecular formula is C15H17N3O3S. The quantitative estimate of drug-likeness (QED) is 0.927. The van der Waals surface area contributed by atoms with Gasteiger partial charge in [-0.25, -0.2) is 9.97 Å². The lowest BCUT2D eigenvalue weighted by Crippen LogP contribution is -2.36. The van der Waals surface area contributed by atoms with Crippen molar-refractivity contribution in [2.24, 2.45) is 0 Å². The van der Waals surface area contributed by atoms with Gasteiger partial charge in [0.15, 0.2) is 0 Å². The van der Waals surface area contributed by atoms with Crippen LogP contribution in [0.25, 0.3) is 10.6 Å². The van der Waals surface area contributed by atoms with E-state index < -0.39 is 0 Å². The van der Waals surface area contributed by atoms with E-state index in [0.717, 1.165) is 10.6 Å². The fourth-order valence-corrected chi connectivity index (χ4v) is 3.64. The van der Waals surface area contributed by atoms with Crippen molar-refractivity contribution in [3.05, 3.63) is 29.8 Å². The molecule has 0 amide bonds. The largest absolute Gasteiger partial charge is 0.376 e. The number of anilines is 1. The molecule has 2 aromatic rings. The molecule has 4 atom stereocenters. The number of hydrogen-bond donors (Lipinski definition) is 1. The molecule has 4 rings (SSSR count). The third kappa shape index (κ3) is 2.50. The van der Waals surface area contributed by atoms with Crippen LogP contribution in [0.5, 0.6) is 0 Å². The van der Waals surface area contributed by atoms with Gasteiger partial charge in [-0.3, -0.25) is 0 Å². The van der Waals surface area contributed by atoms with Crippen molar-refractivity contribution >= 4 is 17.3 Å². The Morgan fingerprint density at radius 3 is 3.00 bits per heavy atom. The Hall–Kier alpha value is -1.54. The maximum Gasteiger partial charge on any atom is 0.223 e. The molecule has 22 heavy (non-hydrogen) atoms.